The minimum Gasteiger partial charge on any atom is -0.340 e. The summed E-state index contributed by atoms with van der Waals surface area (Å²) in [6.07, 6.45) is 0. The zero-order chi connectivity index (χ0) is 19.1. The molecule has 0 aliphatic rings. The van der Waals surface area contributed by atoms with Crippen molar-refractivity contribution in [1.82, 2.24) is 9.55 Å². The van der Waals surface area contributed by atoms with Gasteiger partial charge in [0, 0.05) is 28.5 Å². The van der Waals surface area contributed by atoms with Gasteiger partial charge in [0.2, 0.25) is 0 Å². The van der Waals surface area contributed by atoms with E-state index in [1.807, 2.05) is 30.3 Å². The van der Waals surface area contributed by atoms with E-state index in [9.17, 15) is 0 Å². The summed E-state index contributed by atoms with van der Waals surface area (Å²) in [5.41, 5.74) is 5.42. The van der Waals surface area contributed by atoms with Crippen LogP contribution in [-0.4, -0.2) is 9.55 Å². The van der Waals surface area contributed by atoms with Crippen LogP contribution >= 0.6 is 11.6 Å². The van der Waals surface area contributed by atoms with E-state index in [2.05, 4.69) is 71.5 Å². The number of aromatic nitrogens is 2. The molecule has 0 aliphatic heterocycles. The van der Waals surface area contributed by atoms with Crippen molar-refractivity contribution in [2.75, 3.05) is 5.32 Å². The lowest BCUT2D eigenvalue weighted by atomic mass is 10.0. The third kappa shape index (κ3) is 2.81. The Balaban J connectivity index is 1.78. The molecule has 0 unspecified atom stereocenters. The number of pyridine rings is 1. The predicted octanol–water partition coefficient (Wildman–Crippen LogP) is 6.79. The van der Waals surface area contributed by atoms with Gasteiger partial charge in [0.25, 0.3) is 0 Å². The first-order chi connectivity index (χ1) is 13.7. The van der Waals surface area contributed by atoms with Gasteiger partial charge in [-0.05, 0) is 47.5 Å². The Morgan fingerprint density at radius 2 is 1.57 bits per heavy atom. The average Bonchev–Trinajstić information content (AvgIpc) is 3.02. The number of nitrogens with one attached hydrogen (secondary N) is 1. The average molecular weight is 384 g/mol. The minimum atomic E-state index is 0.715. The zero-order valence-corrected chi connectivity index (χ0v) is 16.1. The van der Waals surface area contributed by atoms with Crippen LogP contribution in [0.2, 0.25) is 5.02 Å². The van der Waals surface area contributed by atoms with Gasteiger partial charge in [-0.25, -0.2) is 4.98 Å². The maximum atomic E-state index is 6.02. The van der Waals surface area contributed by atoms with Crippen molar-refractivity contribution in [3.8, 4) is 11.1 Å². The monoisotopic (exact) mass is 383 g/mol. The first-order valence-corrected chi connectivity index (χ1v) is 9.55. The molecule has 1 N–H and O–H groups in total. The molecule has 3 nitrogen and oxygen atoms in total. The lowest BCUT2D eigenvalue weighted by Crippen LogP contribution is -1.97. The largest absolute Gasteiger partial charge is 0.340 e. The number of rotatable bonds is 3. The molecule has 2 heterocycles. The molecular weight excluding hydrogens is 366 g/mol. The standard InChI is InChI=1S/C24H18ClN3/c1-28-21-10-6-5-9-19(21)23-20(16-7-3-2-4-8-16)15-22(27-24(23)28)26-18-13-11-17(25)12-14-18/h2-15H,1H3,(H,26,27). The lowest BCUT2D eigenvalue weighted by Gasteiger charge is -2.11. The van der Waals surface area contributed by atoms with Gasteiger partial charge in [-0.1, -0.05) is 60.1 Å². The predicted molar refractivity (Wildman–Crippen MR) is 118 cm³/mol. The molecule has 136 valence electrons. The molecule has 0 saturated carbocycles. The van der Waals surface area contributed by atoms with Crippen LogP contribution in [0.4, 0.5) is 11.5 Å². The molecule has 0 atom stereocenters. The number of anilines is 2. The van der Waals surface area contributed by atoms with Gasteiger partial charge in [-0.2, -0.15) is 0 Å². The number of nitrogens with zero attached hydrogens (tertiary/aromatic N) is 2. The van der Waals surface area contributed by atoms with Gasteiger partial charge in [0.1, 0.15) is 11.5 Å². The summed E-state index contributed by atoms with van der Waals surface area (Å²) in [6.45, 7) is 0. The van der Waals surface area contributed by atoms with Gasteiger partial charge in [-0.3, -0.25) is 0 Å². The lowest BCUT2D eigenvalue weighted by molar-refractivity contribution is 0.990. The molecule has 0 bridgehead atoms. The van der Waals surface area contributed by atoms with Crippen LogP contribution in [0.1, 0.15) is 0 Å². The Labute approximate surface area is 168 Å². The van der Waals surface area contributed by atoms with Gasteiger partial charge in [0.05, 0.1) is 5.52 Å². The molecule has 28 heavy (non-hydrogen) atoms. The fourth-order valence-corrected chi connectivity index (χ4v) is 3.85. The fraction of sp³-hybridized carbons (Fsp3) is 0.0417. The topological polar surface area (TPSA) is 29.9 Å². The Hall–Kier alpha value is -3.30. The first-order valence-electron chi connectivity index (χ1n) is 9.17. The summed E-state index contributed by atoms with van der Waals surface area (Å²) < 4.78 is 2.16. The van der Waals surface area contributed by atoms with Crippen LogP contribution in [0.5, 0.6) is 0 Å². The minimum absolute atomic E-state index is 0.715. The van der Waals surface area contributed by atoms with E-state index < -0.39 is 0 Å². The Bertz CT molecular complexity index is 1290. The van der Waals surface area contributed by atoms with E-state index in [1.54, 1.807) is 0 Å². The Kier molecular flexibility index (Phi) is 4.03. The third-order valence-electron chi connectivity index (χ3n) is 5.05. The van der Waals surface area contributed by atoms with Gasteiger partial charge >= 0.3 is 0 Å². The molecule has 3 aromatic carbocycles. The maximum Gasteiger partial charge on any atom is 0.143 e. The van der Waals surface area contributed by atoms with Crippen molar-refractivity contribution in [3.63, 3.8) is 0 Å². The quantitative estimate of drug-likeness (QED) is 0.371. The van der Waals surface area contributed by atoms with Crippen LogP contribution in [0, 0.1) is 0 Å². The van der Waals surface area contributed by atoms with E-state index >= 15 is 0 Å². The third-order valence-corrected chi connectivity index (χ3v) is 5.31. The van der Waals surface area contributed by atoms with Crippen LogP contribution in [-0.2, 0) is 7.05 Å². The van der Waals surface area contributed by atoms with E-state index in [0.717, 1.165) is 17.2 Å². The normalized spacial score (nSPS) is 11.2. The van der Waals surface area contributed by atoms with Crippen LogP contribution in [0.25, 0.3) is 33.1 Å². The molecule has 0 saturated heterocycles. The molecule has 0 spiro atoms. The number of aryl methyl sites for hydroxylation is 1. The highest BCUT2D eigenvalue weighted by Crippen LogP contribution is 2.37. The molecule has 0 amide bonds. The molecule has 4 heteroatoms. The second kappa shape index (κ2) is 6.70. The second-order valence-electron chi connectivity index (χ2n) is 6.83. The highest BCUT2D eigenvalue weighted by atomic mass is 35.5. The molecule has 0 aliphatic carbocycles. The van der Waals surface area contributed by atoms with Crippen molar-refractivity contribution < 1.29 is 0 Å². The van der Waals surface area contributed by atoms with Gasteiger partial charge in [0.15, 0.2) is 0 Å². The fourth-order valence-electron chi connectivity index (χ4n) is 3.72. The number of hydrogen-bond acceptors (Lipinski definition) is 2. The highest BCUT2D eigenvalue weighted by molar-refractivity contribution is 6.30. The van der Waals surface area contributed by atoms with Crippen molar-refractivity contribution >= 4 is 45.0 Å². The van der Waals surface area contributed by atoms with Crippen LogP contribution in [0.15, 0.2) is 84.9 Å². The summed E-state index contributed by atoms with van der Waals surface area (Å²) >= 11 is 6.02. The van der Waals surface area contributed by atoms with Crippen LogP contribution in [0.3, 0.4) is 0 Å². The molecular formula is C24H18ClN3. The number of benzene rings is 3. The SMILES string of the molecule is Cn1c2ccccc2c2c(-c3ccccc3)cc(Nc3ccc(Cl)cc3)nc21. The van der Waals surface area contributed by atoms with Gasteiger partial charge in [-0.15, -0.1) is 0 Å². The molecule has 5 rings (SSSR count). The van der Waals surface area contributed by atoms with Gasteiger partial charge < -0.3 is 9.88 Å². The number of halogens is 1. The number of para-hydroxylation sites is 1. The Morgan fingerprint density at radius 3 is 2.36 bits per heavy atom. The van der Waals surface area contributed by atoms with E-state index in [0.29, 0.717) is 5.02 Å². The summed E-state index contributed by atoms with van der Waals surface area (Å²) in [6, 6.07) is 28.7. The number of hydrogen-bond donors (Lipinski definition) is 1. The second-order valence-corrected chi connectivity index (χ2v) is 7.26. The maximum absolute atomic E-state index is 6.02. The summed E-state index contributed by atoms with van der Waals surface area (Å²) in [4.78, 5) is 4.93. The zero-order valence-electron chi connectivity index (χ0n) is 15.4. The number of fused-ring (bicyclic) bond motifs is 3. The molecule has 2 aromatic heterocycles. The van der Waals surface area contributed by atoms with Crippen molar-refractivity contribution in [3.05, 3.63) is 90.0 Å². The van der Waals surface area contributed by atoms with E-state index in [-0.39, 0.29) is 0 Å². The molecule has 5 aromatic rings. The van der Waals surface area contributed by atoms with E-state index in [1.165, 1.54) is 27.4 Å². The van der Waals surface area contributed by atoms with Crippen molar-refractivity contribution in [1.29, 1.82) is 0 Å². The van der Waals surface area contributed by atoms with Crippen LogP contribution < -0.4 is 5.32 Å². The summed E-state index contributed by atoms with van der Waals surface area (Å²) in [5.74, 6) is 0.805. The van der Waals surface area contributed by atoms with Crippen molar-refractivity contribution in [2.45, 2.75) is 0 Å². The molecule has 0 radical (unpaired) electrons. The summed E-state index contributed by atoms with van der Waals surface area (Å²) in [5, 5.41) is 6.52. The van der Waals surface area contributed by atoms with Crippen molar-refractivity contribution in [2.24, 2.45) is 7.05 Å². The smallest absolute Gasteiger partial charge is 0.143 e. The Morgan fingerprint density at radius 1 is 0.857 bits per heavy atom. The van der Waals surface area contributed by atoms with E-state index in [4.69, 9.17) is 16.6 Å². The highest BCUT2D eigenvalue weighted by Gasteiger charge is 2.16. The molecule has 0 fully saturated rings. The first kappa shape index (κ1) is 16.8. The summed E-state index contributed by atoms with van der Waals surface area (Å²) in [7, 11) is 2.07.